The van der Waals surface area contributed by atoms with Crippen molar-refractivity contribution in [1.82, 2.24) is 9.97 Å². The van der Waals surface area contributed by atoms with E-state index < -0.39 is 0 Å². The molecule has 2 N–H and O–H groups in total. The highest BCUT2D eigenvalue weighted by Gasteiger charge is 2.14. The normalized spacial score (nSPS) is 11.8. The minimum atomic E-state index is -0.373. The third-order valence-corrected chi connectivity index (χ3v) is 3.57. The lowest BCUT2D eigenvalue weighted by atomic mass is 10.1. The van der Waals surface area contributed by atoms with Gasteiger partial charge in [0.05, 0.1) is 10.9 Å². The highest BCUT2D eigenvalue weighted by Crippen LogP contribution is 2.23. The van der Waals surface area contributed by atoms with Crippen molar-refractivity contribution in [2.75, 3.05) is 0 Å². The number of aliphatic hydroxyl groups excluding tert-OH is 1. The molecular formula is C17H10ClN3O2. The Kier molecular flexibility index (Phi) is 3.83. The molecule has 0 saturated carbocycles. The molecule has 3 rings (SSSR count). The molecule has 0 radical (unpaired) electrons. The van der Waals surface area contributed by atoms with Gasteiger partial charge in [0, 0.05) is 10.6 Å². The molecule has 0 atom stereocenters. The van der Waals surface area contributed by atoms with Gasteiger partial charge in [-0.3, -0.25) is 4.79 Å². The number of aromatic nitrogens is 2. The Morgan fingerprint density at radius 2 is 1.87 bits per heavy atom. The Morgan fingerprint density at radius 1 is 1.17 bits per heavy atom. The Morgan fingerprint density at radius 3 is 2.57 bits per heavy atom. The van der Waals surface area contributed by atoms with E-state index in [4.69, 9.17) is 11.6 Å². The van der Waals surface area contributed by atoms with Gasteiger partial charge < -0.3 is 10.1 Å². The number of allylic oxidation sites excluding steroid dienone is 1. The number of benzene rings is 2. The van der Waals surface area contributed by atoms with Crippen molar-refractivity contribution in [3.05, 3.63) is 75.3 Å². The summed E-state index contributed by atoms with van der Waals surface area (Å²) in [4.78, 5) is 18.9. The van der Waals surface area contributed by atoms with Crippen LogP contribution in [0.25, 0.3) is 22.2 Å². The molecule has 0 unspecified atom stereocenters. The summed E-state index contributed by atoms with van der Waals surface area (Å²) in [7, 11) is 0. The summed E-state index contributed by atoms with van der Waals surface area (Å²) in [5.41, 5.74) is 0.363. The molecular weight excluding hydrogens is 314 g/mol. The minimum Gasteiger partial charge on any atom is -0.506 e. The Balaban J connectivity index is 2.22. The summed E-state index contributed by atoms with van der Waals surface area (Å²) in [5, 5.41) is 20.6. The maximum absolute atomic E-state index is 12.1. The first-order chi connectivity index (χ1) is 11.1. The van der Waals surface area contributed by atoms with Gasteiger partial charge in [-0.25, -0.2) is 4.98 Å². The van der Waals surface area contributed by atoms with Gasteiger partial charge in [0.25, 0.3) is 5.56 Å². The molecule has 0 aliphatic carbocycles. The zero-order chi connectivity index (χ0) is 16.4. The van der Waals surface area contributed by atoms with Gasteiger partial charge in [-0.1, -0.05) is 23.7 Å². The van der Waals surface area contributed by atoms with E-state index in [1.54, 1.807) is 48.5 Å². The minimum absolute atomic E-state index is 0.0173. The zero-order valence-corrected chi connectivity index (χ0v) is 12.5. The number of H-pyrrole nitrogens is 1. The fourth-order valence-electron chi connectivity index (χ4n) is 2.17. The summed E-state index contributed by atoms with van der Waals surface area (Å²) in [6.45, 7) is 0. The lowest BCUT2D eigenvalue weighted by molar-refractivity contribution is 0.514. The van der Waals surface area contributed by atoms with Crippen molar-refractivity contribution in [3.63, 3.8) is 0 Å². The number of fused-ring (bicyclic) bond motifs is 1. The molecule has 0 spiro atoms. The fraction of sp³-hybridized carbons (Fsp3) is 0. The zero-order valence-electron chi connectivity index (χ0n) is 11.7. The summed E-state index contributed by atoms with van der Waals surface area (Å²) in [5.74, 6) is -0.258. The average Bonchev–Trinajstić information content (AvgIpc) is 2.56. The maximum Gasteiger partial charge on any atom is 0.259 e. The fourth-order valence-corrected chi connectivity index (χ4v) is 2.30. The van der Waals surface area contributed by atoms with Crippen LogP contribution in [-0.2, 0) is 0 Å². The lowest BCUT2D eigenvalue weighted by Gasteiger charge is -2.05. The van der Waals surface area contributed by atoms with Crippen LogP contribution in [0, 0.1) is 11.3 Å². The molecule has 5 nitrogen and oxygen atoms in total. The van der Waals surface area contributed by atoms with Crippen molar-refractivity contribution < 1.29 is 5.11 Å². The van der Waals surface area contributed by atoms with Crippen LogP contribution in [0.15, 0.2) is 53.3 Å². The summed E-state index contributed by atoms with van der Waals surface area (Å²) >= 11 is 5.81. The van der Waals surface area contributed by atoms with Gasteiger partial charge in [0.15, 0.2) is 5.82 Å². The number of nitrogens with one attached hydrogen (secondary N) is 1. The molecule has 1 heterocycles. The quantitative estimate of drug-likeness (QED) is 0.557. The molecule has 0 saturated heterocycles. The van der Waals surface area contributed by atoms with E-state index >= 15 is 0 Å². The molecule has 23 heavy (non-hydrogen) atoms. The first-order valence-electron chi connectivity index (χ1n) is 6.69. The van der Waals surface area contributed by atoms with E-state index in [-0.39, 0.29) is 22.7 Å². The first kappa shape index (κ1) is 14.8. The van der Waals surface area contributed by atoms with Crippen molar-refractivity contribution in [1.29, 1.82) is 5.26 Å². The summed E-state index contributed by atoms with van der Waals surface area (Å²) < 4.78 is 0. The predicted molar refractivity (Wildman–Crippen MR) is 88.9 cm³/mol. The molecule has 6 heteroatoms. The maximum atomic E-state index is 12.1. The van der Waals surface area contributed by atoms with Crippen molar-refractivity contribution in [2.45, 2.75) is 0 Å². The van der Waals surface area contributed by atoms with Crippen LogP contribution in [0.4, 0.5) is 0 Å². The second kappa shape index (κ2) is 5.95. The van der Waals surface area contributed by atoms with Gasteiger partial charge in [0.1, 0.15) is 17.4 Å². The highest BCUT2D eigenvalue weighted by atomic mass is 35.5. The number of nitrogens with zero attached hydrogens (tertiary/aromatic N) is 2. The molecule has 0 amide bonds. The van der Waals surface area contributed by atoms with Crippen molar-refractivity contribution in [3.8, 4) is 6.07 Å². The number of hydrogen-bond acceptors (Lipinski definition) is 4. The molecule has 3 aromatic rings. The molecule has 0 bridgehead atoms. The number of nitriles is 1. The van der Waals surface area contributed by atoms with Gasteiger partial charge >= 0.3 is 0 Å². The van der Waals surface area contributed by atoms with Crippen LogP contribution in [0.3, 0.4) is 0 Å². The van der Waals surface area contributed by atoms with Crippen LogP contribution in [-0.4, -0.2) is 15.1 Å². The molecule has 0 aliphatic heterocycles. The van der Waals surface area contributed by atoms with Crippen molar-refractivity contribution in [2.24, 2.45) is 0 Å². The molecule has 0 aliphatic rings. The number of aliphatic hydroxyl groups is 1. The average molecular weight is 324 g/mol. The van der Waals surface area contributed by atoms with Gasteiger partial charge in [-0.05, 0) is 36.4 Å². The van der Waals surface area contributed by atoms with E-state index in [0.29, 0.717) is 21.5 Å². The highest BCUT2D eigenvalue weighted by molar-refractivity contribution is 6.30. The lowest BCUT2D eigenvalue weighted by Crippen LogP contribution is -2.11. The van der Waals surface area contributed by atoms with E-state index in [2.05, 4.69) is 9.97 Å². The molecule has 2 aromatic carbocycles. The summed E-state index contributed by atoms with van der Waals surface area (Å²) in [6.07, 6.45) is 0. The second-order valence-electron chi connectivity index (χ2n) is 4.77. The predicted octanol–water partition coefficient (Wildman–Crippen LogP) is 3.53. The third-order valence-electron chi connectivity index (χ3n) is 3.32. The SMILES string of the molecule is N#CC(=C(O)c1ccc(Cl)cc1)c1nc2ccccc2c(=O)[nH]1. The number of rotatable bonds is 2. The van der Waals surface area contributed by atoms with Crippen LogP contribution in [0.5, 0.6) is 0 Å². The topological polar surface area (TPSA) is 89.8 Å². The van der Waals surface area contributed by atoms with E-state index in [1.807, 2.05) is 6.07 Å². The number of aromatic amines is 1. The van der Waals surface area contributed by atoms with Gasteiger partial charge in [0.2, 0.25) is 0 Å². The van der Waals surface area contributed by atoms with E-state index in [9.17, 15) is 15.2 Å². The smallest absolute Gasteiger partial charge is 0.259 e. The van der Waals surface area contributed by atoms with Gasteiger partial charge in [-0.15, -0.1) is 0 Å². The van der Waals surface area contributed by atoms with E-state index in [0.717, 1.165) is 0 Å². The summed E-state index contributed by atoms with van der Waals surface area (Å²) in [6, 6.07) is 15.0. The van der Waals surface area contributed by atoms with Crippen molar-refractivity contribution >= 4 is 33.8 Å². The molecule has 0 fully saturated rings. The monoisotopic (exact) mass is 323 g/mol. The largest absolute Gasteiger partial charge is 0.506 e. The molecule has 1 aromatic heterocycles. The van der Waals surface area contributed by atoms with E-state index in [1.165, 1.54) is 0 Å². The Bertz CT molecular complexity index is 1010. The second-order valence-corrected chi connectivity index (χ2v) is 5.21. The number of hydrogen-bond donors (Lipinski definition) is 2. The standard InChI is InChI=1S/C17H10ClN3O2/c18-11-7-5-10(6-8-11)15(22)13(9-19)16-20-14-4-2-1-3-12(14)17(23)21-16/h1-8,22H,(H,20,21,23). The Hall–Kier alpha value is -3.10. The van der Waals surface area contributed by atoms with Crippen LogP contribution in [0.2, 0.25) is 5.02 Å². The van der Waals surface area contributed by atoms with Crippen LogP contribution < -0.4 is 5.56 Å². The Labute approximate surface area is 136 Å². The third kappa shape index (κ3) is 2.80. The van der Waals surface area contributed by atoms with Crippen LogP contribution >= 0.6 is 11.6 Å². The van der Waals surface area contributed by atoms with Crippen LogP contribution in [0.1, 0.15) is 11.4 Å². The number of halogens is 1. The first-order valence-corrected chi connectivity index (χ1v) is 7.06. The van der Waals surface area contributed by atoms with Gasteiger partial charge in [-0.2, -0.15) is 5.26 Å². The molecule has 112 valence electrons. The number of para-hydroxylation sites is 1.